The highest BCUT2D eigenvalue weighted by Gasteiger charge is 2.27. The summed E-state index contributed by atoms with van der Waals surface area (Å²) in [6.45, 7) is 6.21. The first-order chi connectivity index (χ1) is 17.7. The third-order valence-corrected chi connectivity index (χ3v) is 8.35. The quantitative estimate of drug-likeness (QED) is 0.456. The van der Waals surface area contributed by atoms with Crippen LogP contribution in [0, 0.1) is 0 Å². The number of aromatic nitrogens is 1. The van der Waals surface area contributed by atoms with E-state index in [4.69, 9.17) is 13.8 Å². The highest BCUT2D eigenvalue weighted by molar-refractivity contribution is 7.13. The highest BCUT2D eigenvalue weighted by atomic mass is 32.1. The third-order valence-electron chi connectivity index (χ3n) is 7.53. The average Bonchev–Trinajstić information content (AvgIpc) is 3.58. The summed E-state index contributed by atoms with van der Waals surface area (Å²) in [6.07, 6.45) is 8.01. The normalized spacial score (nSPS) is 20.5. The van der Waals surface area contributed by atoms with Gasteiger partial charge in [-0.15, -0.1) is 0 Å². The van der Waals surface area contributed by atoms with Crippen molar-refractivity contribution in [2.45, 2.75) is 31.7 Å². The number of piperidine rings is 1. The Morgan fingerprint density at radius 1 is 1.03 bits per heavy atom. The predicted molar refractivity (Wildman–Crippen MR) is 144 cm³/mol. The second-order valence-corrected chi connectivity index (χ2v) is 10.6. The van der Waals surface area contributed by atoms with Crippen LogP contribution in [0.2, 0.25) is 0 Å². The van der Waals surface area contributed by atoms with Gasteiger partial charge in [-0.05, 0) is 73.1 Å². The van der Waals surface area contributed by atoms with E-state index in [0.717, 1.165) is 81.4 Å². The molecule has 0 aliphatic carbocycles. The lowest BCUT2D eigenvalue weighted by Crippen LogP contribution is -2.49. The molecule has 1 aromatic heterocycles. The zero-order chi connectivity index (χ0) is 24.3. The molecule has 6 rings (SSSR count). The molecule has 188 valence electrons. The van der Waals surface area contributed by atoms with Gasteiger partial charge in [0.05, 0.1) is 4.70 Å². The van der Waals surface area contributed by atoms with Crippen molar-refractivity contribution in [3.05, 3.63) is 54.1 Å². The van der Waals surface area contributed by atoms with Gasteiger partial charge in [0.25, 0.3) is 0 Å². The van der Waals surface area contributed by atoms with Crippen molar-refractivity contribution in [2.75, 3.05) is 51.0 Å². The molecule has 2 fully saturated rings. The number of fused-ring (bicyclic) bond motifs is 2. The second kappa shape index (κ2) is 10.5. The highest BCUT2D eigenvalue weighted by Crippen LogP contribution is 2.33. The lowest BCUT2D eigenvalue weighted by Gasteiger charge is -2.39. The smallest absolute Gasteiger partial charge is 0.246 e. The molecule has 1 amide bonds. The average molecular weight is 505 g/mol. The van der Waals surface area contributed by atoms with Crippen LogP contribution in [-0.4, -0.2) is 72.2 Å². The number of carbonyl (C=O) groups excluding carboxylic acids is 1. The van der Waals surface area contributed by atoms with Crippen molar-refractivity contribution in [3.63, 3.8) is 0 Å². The largest absolute Gasteiger partial charge is 0.454 e. The minimum absolute atomic E-state index is 0.109. The first-order valence-corrected chi connectivity index (χ1v) is 13.7. The fourth-order valence-corrected chi connectivity index (χ4v) is 6.28. The van der Waals surface area contributed by atoms with E-state index in [2.05, 4.69) is 39.0 Å². The Balaban J connectivity index is 1.02. The number of piperazine rings is 1. The lowest BCUT2D eigenvalue weighted by atomic mass is 9.98. The zero-order valence-electron chi connectivity index (χ0n) is 20.5. The molecule has 3 aliphatic heterocycles. The van der Waals surface area contributed by atoms with Crippen LogP contribution >= 0.6 is 11.5 Å². The minimum atomic E-state index is 0.109. The van der Waals surface area contributed by atoms with Gasteiger partial charge in [-0.3, -0.25) is 9.69 Å². The fourth-order valence-electron chi connectivity index (χ4n) is 5.49. The molecule has 36 heavy (non-hydrogen) atoms. The maximum absolute atomic E-state index is 13.1. The van der Waals surface area contributed by atoms with E-state index in [9.17, 15) is 4.79 Å². The summed E-state index contributed by atoms with van der Waals surface area (Å²) in [5.74, 6) is 2.74. The topological polar surface area (TPSA) is 58.1 Å². The molecule has 0 saturated carbocycles. The van der Waals surface area contributed by atoms with Crippen molar-refractivity contribution in [3.8, 4) is 11.5 Å². The minimum Gasteiger partial charge on any atom is -0.454 e. The van der Waals surface area contributed by atoms with Crippen LogP contribution in [0.25, 0.3) is 16.2 Å². The van der Waals surface area contributed by atoms with Gasteiger partial charge in [-0.1, -0.05) is 18.2 Å². The first-order valence-electron chi connectivity index (χ1n) is 12.9. The van der Waals surface area contributed by atoms with Gasteiger partial charge in [0.2, 0.25) is 12.7 Å². The fraction of sp³-hybridized carbons (Fsp3) is 0.429. The Labute approximate surface area is 216 Å². The van der Waals surface area contributed by atoms with E-state index >= 15 is 0 Å². The number of rotatable bonds is 6. The monoisotopic (exact) mass is 504 g/mol. The summed E-state index contributed by atoms with van der Waals surface area (Å²) in [5.41, 5.74) is 0.951. The Bertz CT molecular complexity index is 1250. The summed E-state index contributed by atoms with van der Waals surface area (Å²) in [7, 11) is 0. The van der Waals surface area contributed by atoms with Gasteiger partial charge in [-0.2, -0.15) is 4.37 Å². The summed E-state index contributed by atoms with van der Waals surface area (Å²) in [4.78, 5) is 20.2. The SMILES string of the molecule is O=C(C=Cc1ccc2c(c1)OCO2)N1CCCC[C@@H]1CCN1CCN(c2nsc3ccccc23)CC1. The van der Waals surface area contributed by atoms with Crippen molar-refractivity contribution < 1.29 is 14.3 Å². The predicted octanol–water partition coefficient (Wildman–Crippen LogP) is 4.63. The molecule has 2 aromatic carbocycles. The molecule has 2 saturated heterocycles. The first kappa shape index (κ1) is 23.3. The lowest BCUT2D eigenvalue weighted by molar-refractivity contribution is -0.129. The molecule has 7 nitrogen and oxygen atoms in total. The van der Waals surface area contributed by atoms with Crippen LogP contribution in [0.3, 0.4) is 0 Å². The standard InChI is InChI=1S/C28H32N4O3S/c33-27(11-9-21-8-10-24-25(19-21)35-20-34-24)32-13-4-3-5-22(32)12-14-30-15-17-31(18-16-30)28-23-6-1-2-7-26(23)36-29-28/h1-2,6-11,19,22H,3-5,12-18,20H2/t22-/m1/s1. The van der Waals surface area contributed by atoms with Crippen molar-refractivity contribution in [1.29, 1.82) is 0 Å². The molecule has 3 aromatic rings. The van der Waals surface area contributed by atoms with E-state index in [-0.39, 0.29) is 12.7 Å². The molecule has 1 atom stereocenters. The van der Waals surface area contributed by atoms with Crippen molar-refractivity contribution in [2.24, 2.45) is 0 Å². The molecular formula is C28H32N4O3S. The maximum Gasteiger partial charge on any atom is 0.246 e. The van der Waals surface area contributed by atoms with Gasteiger partial charge < -0.3 is 19.3 Å². The Hall–Kier alpha value is -3.10. The van der Waals surface area contributed by atoms with Crippen LogP contribution in [0.4, 0.5) is 5.82 Å². The number of benzene rings is 2. The molecule has 0 unspecified atom stereocenters. The summed E-state index contributed by atoms with van der Waals surface area (Å²) >= 11 is 1.59. The van der Waals surface area contributed by atoms with E-state index in [1.54, 1.807) is 17.6 Å². The number of likely N-dealkylation sites (tertiary alicyclic amines) is 1. The molecule has 0 N–H and O–H groups in total. The number of carbonyl (C=O) groups is 1. The van der Waals surface area contributed by atoms with Crippen molar-refractivity contribution in [1.82, 2.24) is 14.2 Å². The van der Waals surface area contributed by atoms with Crippen molar-refractivity contribution >= 4 is 39.4 Å². The van der Waals surface area contributed by atoms with E-state index in [1.807, 2.05) is 24.3 Å². The van der Waals surface area contributed by atoms with Crippen LogP contribution in [0.1, 0.15) is 31.2 Å². The molecule has 4 heterocycles. The molecule has 8 heteroatoms. The molecule has 0 bridgehead atoms. The number of anilines is 1. The molecular weight excluding hydrogens is 472 g/mol. The van der Waals surface area contributed by atoms with Crippen LogP contribution in [0.5, 0.6) is 11.5 Å². The van der Waals surface area contributed by atoms with E-state index in [0.29, 0.717) is 6.04 Å². The summed E-state index contributed by atoms with van der Waals surface area (Å²) < 4.78 is 16.8. The Morgan fingerprint density at radius 2 is 1.89 bits per heavy atom. The van der Waals surface area contributed by atoms with Crippen LogP contribution in [-0.2, 0) is 4.79 Å². The number of amides is 1. The second-order valence-electron chi connectivity index (χ2n) is 9.75. The van der Waals surface area contributed by atoms with Gasteiger partial charge in [0.1, 0.15) is 5.82 Å². The van der Waals surface area contributed by atoms with Crippen LogP contribution < -0.4 is 14.4 Å². The van der Waals surface area contributed by atoms with Gasteiger partial charge in [-0.25, -0.2) is 0 Å². The number of hydrogen-bond acceptors (Lipinski definition) is 7. The summed E-state index contributed by atoms with van der Waals surface area (Å²) in [5, 5.41) is 1.26. The Morgan fingerprint density at radius 3 is 2.81 bits per heavy atom. The summed E-state index contributed by atoms with van der Waals surface area (Å²) in [6, 6.07) is 14.6. The van der Waals surface area contributed by atoms with Gasteiger partial charge in [0.15, 0.2) is 11.5 Å². The zero-order valence-corrected chi connectivity index (χ0v) is 21.3. The maximum atomic E-state index is 13.1. The number of ether oxygens (including phenoxy) is 2. The molecule has 0 radical (unpaired) electrons. The van der Waals surface area contributed by atoms with Gasteiger partial charge >= 0.3 is 0 Å². The van der Waals surface area contributed by atoms with E-state index in [1.165, 1.54) is 16.5 Å². The number of nitrogens with zero attached hydrogens (tertiary/aromatic N) is 4. The molecule has 3 aliphatic rings. The van der Waals surface area contributed by atoms with Crippen LogP contribution in [0.15, 0.2) is 48.5 Å². The number of hydrogen-bond donors (Lipinski definition) is 0. The van der Waals surface area contributed by atoms with Gasteiger partial charge in [0, 0.05) is 56.8 Å². The Kier molecular flexibility index (Phi) is 6.79. The molecule has 0 spiro atoms. The van der Waals surface area contributed by atoms with E-state index < -0.39 is 0 Å². The third kappa shape index (κ3) is 4.92.